The fraction of sp³-hybridized carbons (Fsp3) is 0.100. The van der Waals surface area contributed by atoms with E-state index in [0.717, 1.165) is 33.5 Å². The van der Waals surface area contributed by atoms with Crippen LogP contribution >= 0.6 is 0 Å². The van der Waals surface area contributed by atoms with Gasteiger partial charge in [-0.15, -0.1) is 0 Å². The van der Waals surface area contributed by atoms with Crippen molar-refractivity contribution < 1.29 is 4.79 Å². The molecule has 5 nitrogen and oxygen atoms in total. The summed E-state index contributed by atoms with van der Waals surface area (Å²) in [5.74, 6) is 1.47. The molecule has 0 atom stereocenters. The maximum Gasteiger partial charge on any atom is 0.226 e. The van der Waals surface area contributed by atoms with Crippen molar-refractivity contribution >= 4 is 28.3 Å². The van der Waals surface area contributed by atoms with Crippen LogP contribution in [0.2, 0.25) is 0 Å². The average molecular weight is 459 g/mol. The molecule has 35 heavy (non-hydrogen) atoms. The van der Waals surface area contributed by atoms with Crippen LogP contribution in [-0.2, 0) is 11.3 Å². The Balaban J connectivity index is 1.50. The molecule has 1 N–H and O–H groups in total. The fourth-order valence-corrected chi connectivity index (χ4v) is 4.06. The maximum absolute atomic E-state index is 12.8. The van der Waals surface area contributed by atoms with Crippen LogP contribution in [0, 0.1) is 0 Å². The topological polar surface area (TPSA) is 58.1 Å². The van der Waals surface area contributed by atoms with Crippen molar-refractivity contribution in [2.45, 2.75) is 13.0 Å². The van der Waals surface area contributed by atoms with Crippen LogP contribution in [0.4, 0.5) is 11.5 Å². The van der Waals surface area contributed by atoms with E-state index in [1.165, 1.54) is 0 Å². The van der Waals surface area contributed by atoms with Gasteiger partial charge in [-0.2, -0.15) is 0 Å². The van der Waals surface area contributed by atoms with Crippen molar-refractivity contribution in [3.8, 4) is 11.4 Å². The summed E-state index contributed by atoms with van der Waals surface area (Å²) >= 11 is 0. The number of carbonyl (C=O) groups excluding carboxylic acids is 1. The molecule has 0 saturated carbocycles. The van der Waals surface area contributed by atoms with Gasteiger partial charge in [-0.05, 0) is 29.8 Å². The lowest BCUT2D eigenvalue weighted by Crippen LogP contribution is -2.28. The number of hydrogen-bond acceptors (Lipinski definition) is 4. The van der Waals surface area contributed by atoms with Gasteiger partial charge in [0.2, 0.25) is 5.91 Å². The fourth-order valence-electron chi connectivity index (χ4n) is 4.06. The predicted molar refractivity (Wildman–Crippen MR) is 142 cm³/mol. The molecular formula is C30H26N4O. The number of para-hydroxylation sites is 2. The number of rotatable bonds is 8. The van der Waals surface area contributed by atoms with Crippen LogP contribution in [0.15, 0.2) is 115 Å². The minimum absolute atomic E-state index is 0.0316. The zero-order valence-corrected chi connectivity index (χ0v) is 19.3. The molecule has 0 bridgehead atoms. The highest BCUT2D eigenvalue weighted by Crippen LogP contribution is 2.29. The molecule has 5 aromatic rings. The Hall–Kier alpha value is -4.51. The van der Waals surface area contributed by atoms with Crippen LogP contribution in [0.3, 0.4) is 0 Å². The first kappa shape index (κ1) is 22.3. The van der Waals surface area contributed by atoms with Crippen LogP contribution in [0.1, 0.15) is 12.0 Å². The van der Waals surface area contributed by atoms with E-state index in [2.05, 4.69) is 22.3 Å². The summed E-state index contributed by atoms with van der Waals surface area (Å²) in [6.45, 7) is 1.15. The molecule has 5 heteroatoms. The number of amides is 1. The SMILES string of the molecule is O=C(CCN(Cc1ccccc1)c1nc(-c2ccccc2)nc2ccccc12)Nc1ccccc1. The second kappa shape index (κ2) is 10.6. The molecule has 0 aliphatic rings. The molecular weight excluding hydrogens is 432 g/mol. The molecule has 0 aliphatic heterocycles. The minimum Gasteiger partial charge on any atom is -0.351 e. The summed E-state index contributed by atoms with van der Waals surface area (Å²) in [7, 11) is 0. The van der Waals surface area contributed by atoms with E-state index in [9.17, 15) is 4.79 Å². The van der Waals surface area contributed by atoms with Crippen LogP contribution in [0.25, 0.3) is 22.3 Å². The molecule has 0 spiro atoms. The Morgan fingerprint density at radius 3 is 2.09 bits per heavy atom. The van der Waals surface area contributed by atoms with E-state index >= 15 is 0 Å². The molecule has 1 heterocycles. The molecule has 0 fully saturated rings. The van der Waals surface area contributed by atoms with Crippen molar-refractivity contribution in [1.82, 2.24) is 9.97 Å². The first-order chi connectivity index (χ1) is 17.3. The molecule has 172 valence electrons. The zero-order chi connectivity index (χ0) is 23.9. The standard InChI is InChI=1S/C30H26N4O/c35-28(31-25-16-8-3-9-17-25)20-21-34(22-23-12-4-1-5-13-23)30-26-18-10-11-19-27(26)32-29(33-30)24-14-6-2-7-15-24/h1-19H,20-22H2,(H,31,35). The number of carbonyl (C=O) groups is 1. The van der Waals surface area contributed by atoms with Gasteiger partial charge in [0.15, 0.2) is 5.82 Å². The number of aromatic nitrogens is 2. The maximum atomic E-state index is 12.8. The number of anilines is 2. The third-order valence-electron chi connectivity index (χ3n) is 5.80. The minimum atomic E-state index is -0.0316. The van der Waals surface area contributed by atoms with Gasteiger partial charge in [0, 0.05) is 36.1 Å². The zero-order valence-electron chi connectivity index (χ0n) is 19.3. The second-order valence-electron chi connectivity index (χ2n) is 8.33. The van der Waals surface area contributed by atoms with Crippen molar-refractivity contribution in [3.63, 3.8) is 0 Å². The molecule has 4 aromatic carbocycles. The normalized spacial score (nSPS) is 10.7. The van der Waals surface area contributed by atoms with Gasteiger partial charge in [0.1, 0.15) is 5.82 Å². The lowest BCUT2D eigenvalue weighted by atomic mass is 10.1. The highest BCUT2D eigenvalue weighted by molar-refractivity contribution is 5.93. The van der Waals surface area contributed by atoms with Crippen LogP contribution in [0.5, 0.6) is 0 Å². The van der Waals surface area contributed by atoms with E-state index in [0.29, 0.717) is 25.3 Å². The first-order valence-corrected chi connectivity index (χ1v) is 11.7. The summed E-state index contributed by atoms with van der Waals surface area (Å²) in [5, 5.41) is 3.95. The Kier molecular flexibility index (Phi) is 6.76. The summed E-state index contributed by atoms with van der Waals surface area (Å²) < 4.78 is 0. The summed E-state index contributed by atoms with van der Waals surface area (Å²) in [6.07, 6.45) is 0.334. The lowest BCUT2D eigenvalue weighted by Gasteiger charge is -2.25. The van der Waals surface area contributed by atoms with Crippen LogP contribution < -0.4 is 10.2 Å². The van der Waals surface area contributed by atoms with Crippen molar-refractivity contribution in [2.24, 2.45) is 0 Å². The molecule has 5 rings (SSSR count). The molecule has 1 amide bonds. The van der Waals surface area contributed by atoms with Gasteiger partial charge in [0.05, 0.1) is 5.52 Å². The van der Waals surface area contributed by atoms with Crippen LogP contribution in [-0.4, -0.2) is 22.4 Å². The van der Waals surface area contributed by atoms with E-state index in [1.54, 1.807) is 0 Å². The summed E-state index contributed by atoms with van der Waals surface area (Å²) in [5.41, 5.74) is 3.79. The van der Waals surface area contributed by atoms with Crippen molar-refractivity contribution in [1.29, 1.82) is 0 Å². The molecule has 0 aliphatic carbocycles. The summed E-state index contributed by atoms with van der Waals surface area (Å²) in [6, 6.07) is 37.8. The number of benzene rings is 4. The quantitative estimate of drug-likeness (QED) is 0.295. The van der Waals surface area contributed by atoms with E-state index in [1.807, 2.05) is 103 Å². The molecule has 0 unspecified atom stereocenters. The van der Waals surface area contributed by atoms with E-state index in [-0.39, 0.29) is 5.91 Å². The van der Waals surface area contributed by atoms with Gasteiger partial charge in [-0.1, -0.05) is 91.0 Å². The Morgan fingerprint density at radius 2 is 1.34 bits per heavy atom. The first-order valence-electron chi connectivity index (χ1n) is 11.7. The second-order valence-corrected chi connectivity index (χ2v) is 8.33. The third kappa shape index (κ3) is 5.53. The highest BCUT2D eigenvalue weighted by atomic mass is 16.1. The van der Waals surface area contributed by atoms with Gasteiger partial charge >= 0.3 is 0 Å². The number of hydrogen-bond donors (Lipinski definition) is 1. The van der Waals surface area contributed by atoms with E-state index < -0.39 is 0 Å². The smallest absolute Gasteiger partial charge is 0.226 e. The van der Waals surface area contributed by atoms with Gasteiger partial charge in [-0.3, -0.25) is 4.79 Å². The Morgan fingerprint density at radius 1 is 0.714 bits per heavy atom. The average Bonchev–Trinajstić information content (AvgIpc) is 2.92. The van der Waals surface area contributed by atoms with Crippen molar-refractivity contribution in [2.75, 3.05) is 16.8 Å². The third-order valence-corrected chi connectivity index (χ3v) is 5.80. The lowest BCUT2D eigenvalue weighted by molar-refractivity contribution is -0.116. The number of fused-ring (bicyclic) bond motifs is 1. The molecule has 0 radical (unpaired) electrons. The predicted octanol–water partition coefficient (Wildman–Crippen LogP) is 6.33. The molecule has 0 saturated heterocycles. The largest absolute Gasteiger partial charge is 0.351 e. The number of nitrogens with zero attached hydrogens (tertiary/aromatic N) is 3. The van der Waals surface area contributed by atoms with E-state index in [4.69, 9.17) is 9.97 Å². The molecule has 1 aromatic heterocycles. The number of nitrogens with one attached hydrogen (secondary N) is 1. The Bertz CT molecular complexity index is 1410. The van der Waals surface area contributed by atoms with Gasteiger partial charge < -0.3 is 10.2 Å². The van der Waals surface area contributed by atoms with Crippen molar-refractivity contribution in [3.05, 3.63) is 121 Å². The summed E-state index contributed by atoms with van der Waals surface area (Å²) in [4.78, 5) is 24.8. The highest BCUT2D eigenvalue weighted by Gasteiger charge is 2.17. The van der Waals surface area contributed by atoms with Gasteiger partial charge in [0.25, 0.3) is 0 Å². The van der Waals surface area contributed by atoms with Gasteiger partial charge in [-0.25, -0.2) is 9.97 Å². The monoisotopic (exact) mass is 458 g/mol. The Labute approximate surface area is 205 Å².